The second-order valence-electron chi connectivity index (χ2n) is 32.4. The van der Waals surface area contributed by atoms with E-state index < -0.39 is 0 Å². The first-order valence-electron chi connectivity index (χ1n) is 32.0. The van der Waals surface area contributed by atoms with Crippen LogP contribution in [0, 0.1) is 16.7 Å². The Morgan fingerprint density at radius 2 is 0.905 bits per heavy atom. The van der Waals surface area contributed by atoms with Crippen molar-refractivity contribution in [3.63, 3.8) is 0 Å². The molecule has 0 saturated heterocycles. The third-order valence-corrected chi connectivity index (χ3v) is 26.2. The minimum Gasteiger partial charge on any atom is -0.314 e. The summed E-state index contributed by atoms with van der Waals surface area (Å²) in [6.45, 7) is 40.6. The molecule has 1 saturated carbocycles. The molecule has 7 aliphatic rings. The molecule has 4 heterocycles. The van der Waals surface area contributed by atoms with Gasteiger partial charge >= 0.3 is 0 Å². The van der Waals surface area contributed by atoms with Crippen LogP contribution in [0.2, 0.25) is 0 Å². The summed E-state index contributed by atoms with van der Waals surface area (Å²) < 4.78 is 2.64. The molecule has 84 heavy (non-hydrogen) atoms. The van der Waals surface area contributed by atoms with E-state index in [9.17, 15) is 0 Å². The molecule has 6 heteroatoms. The monoisotopic (exact) mass is 1140 g/mol. The van der Waals surface area contributed by atoms with Gasteiger partial charge in [0, 0.05) is 76.8 Å². The SMILES string of the molecule is CC1(C)CCC(C)(C)c2cc(N3C4=C(SC5C4C(C)(C)CCC5(C)C)B4c5cc6c(cc5N(c5ccc7c(c5)C(C)(C)CCC7(C)C)c5cc(N(c7ccccc7)c7ccc8c(c7)sc7ccccc78)cc3c54)C(C)(C)CCC6(C)C)ccc21. The number of thiophene rings is 1. The Kier molecular flexibility index (Phi) is 11.7. The van der Waals surface area contributed by atoms with Crippen LogP contribution in [-0.2, 0) is 32.5 Å². The van der Waals surface area contributed by atoms with Gasteiger partial charge in [-0.2, -0.15) is 0 Å². The highest BCUT2D eigenvalue weighted by molar-refractivity contribution is 8.06. The van der Waals surface area contributed by atoms with Crippen molar-refractivity contribution in [1.82, 2.24) is 0 Å². The molecule has 0 amide bonds. The molecule has 7 aromatic carbocycles. The molecule has 0 N–H and O–H groups in total. The average Bonchev–Trinajstić information content (AvgIpc) is 1.29. The second-order valence-corrected chi connectivity index (χ2v) is 34.7. The van der Waals surface area contributed by atoms with Crippen molar-refractivity contribution in [2.45, 2.75) is 200 Å². The zero-order chi connectivity index (χ0) is 58.8. The van der Waals surface area contributed by atoms with Crippen LogP contribution < -0.4 is 25.6 Å². The van der Waals surface area contributed by atoms with Crippen LogP contribution in [0.15, 0.2) is 144 Å². The molecule has 0 spiro atoms. The van der Waals surface area contributed by atoms with E-state index in [2.05, 4.69) is 271 Å². The lowest BCUT2D eigenvalue weighted by Crippen LogP contribution is -2.56. The quantitative estimate of drug-likeness (QED) is 0.159. The zero-order valence-corrected chi connectivity index (χ0v) is 54.9. The number of hydrogen-bond donors (Lipinski definition) is 0. The van der Waals surface area contributed by atoms with Gasteiger partial charge in [-0.25, -0.2) is 0 Å². The van der Waals surface area contributed by atoms with Crippen molar-refractivity contribution < 1.29 is 0 Å². The summed E-state index contributed by atoms with van der Waals surface area (Å²) in [5.74, 6) is 0.336. The molecule has 1 aromatic heterocycles. The van der Waals surface area contributed by atoms with Gasteiger partial charge in [0.1, 0.15) is 0 Å². The highest BCUT2D eigenvalue weighted by Crippen LogP contribution is 2.67. The third kappa shape index (κ3) is 8.02. The number of benzene rings is 7. The van der Waals surface area contributed by atoms with Gasteiger partial charge in [0.2, 0.25) is 0 Å². The van der Waals surface area contributed by atoms with Crippen LogP contribution in [0.3, 0.4) is 0 Å². The van der Waals surface area contributed by atoms with E-state index in [-0.39, 0.29) is 50.0 Å². The van der Waals surface area contributed by atoms with E-state index >= 15 is 0 Å². The van der Waals surface area contributed by atoms with E-state index in [0.29, 0.717) is 11.2 Å². The summed E-state index contributed by atoms with van der Waals surface area (Å²) in [5.41, 5.74) is 24.2. The minimum absolute atomic E-state index is 0.0176. The lowest BCUT2D eigenvalue weighted by Gasteiger charge is -2.52. The van der Waals surface area contributed by atoms with Gasteiger partial charge < -0.3 is 14.7 Å². The molecule has 3 nitrogen and oxygen atoms in total. The van der Waals surface area contributed by atoms with Gasteiger partial charge in [-0.3, -0.25) is 0 Å². The molecular weight excluding hydrogens is 1050 g/mol. The van der Waals surface area contributed by atoms with Gasteiger partial charge in [0.25, 0.3) is 6.71 Å². The smallest absolute Gasteiger partial charge is 0.259 e. The molecule has 4 aliphatic carbocycles. The summed E-state index contributed by atoms with van der Waals surface area (Å²) >= 11 is 4.20. The molecule has 8 aromatic rings. The third-order valence-electron chi connectivity index (χ3n) is 23.2. The van der Waals surface area contributed by atoms with Crippen LogP contribution in [0.4, 0.5) is 45.5 Å². The Morgan fingerprint density at radius 1 is 0.405 bits per heavy atom. The number of hydrogen-bond acceptors (Lipinski definition) is 5. The van der Waals surface area contributed by atoms with Gasteiger partial charge in [-0.15, -0.1) is 23.1 Å². The van der Waals surface area contributed by atoms with E-state index in [0.717, 1.165) is 5.69 Å². The topological polar surface area (TPSA) is 9.72 Å². The Bertz CT molecular complexity index is 4130. The highest BCUT2D eigenvalue weighted by Gasteiger charge is 2.60. The number of allylic oxidation sites excluding steroid dienone is 1. The molecule has 2 unspecified atom stereocenters. The zero-order valence-electron chi connectivity index (χ0n) is 53.2. The van der Waals surface area contributed by atoms with Crippen LogP contribution in [0.1, 0.15) is 196 Å². The largest absolute Gasteiger partial charge is 0.314 e. The van der Waals surface area contributed by atoms with Crippen molar-refractivity contribution in [1.29, 1.82) is 0 Å². The fourth-order valence-electron chi connectivity index (χ4n) is 17.4. The summed E-state index contributed by atoms with van der Waals surface area (Å²) in [4.78, 5) is 9.88. The Morgan fingerprint density at radius 3 is 1.51 bits per heavy atom. The number of fused-ring (bicyclic) bond motifs is 11. The average molecular weight is 1140 g/mol. The van der Waals surface area contributed by atoms with Crippen molar-refractivity contribution in [2.75, 3.05) is 14.7 Å². The molecular formula is C78H88BN3S2. The maximum absolute atomic E-state index is 2.90. The molecule has 15 rings (SSSR count). The number of para-hydroxylation sites is 1. The minimum atomic E-state index is 0.0176. The first-order chi connectivity index (χ1) is 39.6. The predicted molar refractivity (Wildman–Crippen MR) is 367 cm³/mol. The van der Waals surface area contributed by atoms with Crippen LogP contribution in [0.25, 0.3) is 20.2 Å². The van der Waals surface area contributed by atoms with Gasteiger partial charge in [-0.05, 0) is 217 Å². The van der Waals surface area contributed by atoms with Crippen LogP contribution in [-0.4, -0.2) is 12.0 Å². The molecule has 3 aliphatic heterocycles. The Balaban J connectivity index is 1.10. The van der Waals surface area contributed by atoms with E-state index in [1.54, 1.807) is 16.1 Å². The van der Waals surface area contributed by atoms with Crippen LogP contribution in [0.5, 0.6) is 0 Å². The maximum atomic E-state index is 2.90. The van der Waals surface area contributed by atoms with Crippen molar-refractivity contribution >= 4 is 106 Å². The second kappa shape index (κ2) is 18.0. The predicted octanol–water partition coefficient (Wildman–Crippen LogP) is 21.4. The standard InChI is InChI=1S/C78H88BN3S2/c1-71(2)32-34-73(5,6)56-40-48(27-30-54(56)71)81-61-46-59-58(75(9,10)36-37-76(59,11)12)45-60(61)79-67-62(81)42-51(80(47-22-18-17-19-23-47)50-26-29-53-52-24-20-21-25-64(52)83-65(53)44-50)43-63(67)82(49-28-31-55-57(41-49)74(7,8)35-33-72(55,3)4)68-66-69(84-70(68)79)78(15,16)39-38-77(66,13)14/h17-31,40-46,66,69H,32-39H2,1-16H3. The molecule has 1 fully saturated rings. The summed E-state index contributed by atoms with van der Waals surface area (Å²) in [5, 5.41) is 3.08. The number of thioether (sulfide) groups is 1. The Labute approximate surface area is 511 Å². The van der Waals surface area contributed by atoms with Gasteiger partial charge in [-0.1, -0.05) is 171 Å². The number of anilines is 8. The lowest BCUT2D eigenvalue weighted by atomic mass is 9.35. The molecule has 0 bridgehead atoms. The summed E-state index contributed by atoms with van der Waals surface area (Å²) in [6, 6.07) is 53.9. The Hall–Kier alpha value is -5.69. The van der Waals surface area contributed by atoms with E-state index in [1.165, 1.54) is 150 Å². The summed E-state index contributed by atoms with van der Waals surface area (Å²) in [6.07, 6.45) is 9.50. The van der Waals surface area contributed by atoms with Gasteiger partial charge in [0.05, 0.1) is 5.69 Å². The first-order valence-corrected chi connectivity index (χ1v) is 33.7. The van der Waals surface area contributed by atoms with Crippen LogP contribution >= 0.6 is 23.1 Å². The number of nitrogens with zero attached hydrogens (tertiary/aromatic N) is 3. The first kappa shape index (κ1) is 54.9. The molecule has 0 radical (unpaired) electrons. The normalized spacial score (nSPS) is 23.7. The number of rotatable bonds is 5. The maximum Gasteiger partial charge on any atom is 0.259 e. The van der Waals surface area contributed by atoms with Gasteiger partial charge in [0.15, 0.2) is 0 Å². The fourth-order valence-corrected chi connectivity index (χ4v) is 20.6. The van der Waals surface area contributed by atoms with Crippen molar-refractivity contribution in [2.24, 2.45) is 16.7 Å². The van der Waals surface area contributed by atoms with E-state index in [4.69, 9.17) is 0 Å². The summed E-state index contributed by atoms with van der Waals surface area (Å²) in [7, 11) is 0. The van der Waals surface area contributed by atoms with Crippen molar-refractivity contribution in [3.05, 3.63) is 177 Å². The fraction of sp³-hybridized carbons (Fsp3) is 0.436. The van der Waals surface area contributed by atoms with E-state index in [1.807, 2.05) is 11.3 Å². The lowest BCUT2D eigenvalue weighted by molar-refractivity contribution is 0.0881. The van der Waals surface area contributed by atoms with Crippen molar-refractivity contribution in [3.8, 4) is 0 Å². The molecule has 430 valence electrons. The highest BCUT2D eigenvalue weighted by atomic mass is 32.2. The molecule has 2 atom stereocenters.